The minimum absolute atomic E-state index is 0.319. The van der Waals surface area contributed by atoms with Gasteiger partial charge >= 0.3 is 11.9 Å². The van der Waals surface area contributed by atoms with E-state index in [4.69, 9.17) is 9.47 Å². The standard InChI is InChI=1S/C22H25N3O5S/c1-5-6-11-31-22-24-18-17(19(26)25-22)16(15(12(2)23-18)21(28)30-4)13-7-9-14(10-8-13)20(27)29-3/h7-10,16H,5-6,11H2,1-4H3,(H2,23,24,25,26)/t16-/m0/s1. The molecular formula is C22H25N3O5S. The van der Waals surface area contributed by atoms with E-state index < -0.39 is 17.9 Å². The molecule has 0 fully saturated rings. The summed E-state index contributed by atoms with van der Waals surface area (Å²) in [6.07, 6.45) is 2.06. The maximum Gasteiger partial charge on any atom is 0.337 e. The molecular weight excluding hydrogens is 418 g/mol. The number of unbranched alkanes of at least 4 members (excludes halogenated alkanes) is 1. The number of ether oxygens (including phenoxy) is 2. The molecule has 2 heterocycles. The second kappa shape index (κ2) is 9.82. The molecule has 0 amide bonds. The third-order valence-corrected chi connectivity index (χ3v) is 5.99. The van der Waals surface area contributed by atoms with Gasteiger partial charge in [-0.25, -0.2) is 14.6 Å². The number of aromatic nitrogens is 2. The van der Waals surface area contributed by atoms with Gasteiger partial charge in [-0.1, -0.05) is 37.2 Å². The molecule has 0 aliphatic carbocycles. The zero-order chi connectivity index (χ0) is 22.5. The highest BCUT2D eigenvalue weighted by atomic mass is 32.2. The highest BCUT2D eigenvalue weighted by Crippen LogP contribution is 2.40. The largest absolute Gasteiger partial charge is 0.466 e. The van der Waals surface area contributed by atoms with Crippen LogP contribution < -0.4 is 10.9 Å². The third kappa shape index (κ3) is 4.66. The van der Waals surface area contributed by atoms with Gasteiger partial charge in [0, 0.05) is 11.4 Å². The molecule has 31 heavy (non-hydrogen) atoms. The van der Waals surface area contributed by atoms with Crippen molar-refractivity contribution in [2.24, 2.45) is 0 Å². The van der Waals surface area contributed by atoms with Crippen LogP contribution in [0.1, 0.15) is 54.1 Å². The summed E-state index contributed by atoms with van der Waals surface area (Å²) in [6.45, 7) is 3.85. The molecule has 1 aromatic carbocycles. The molecule has 1 atom stereocenters. The Labute approximate surface area is 184 Å². The van der Waals surface area contributed by atoms with Crippen LogP contribution >= 0.6 is 11.8 Å². The highest BCUT2D eigenvalue weighted by molar-refractivity contribution is 7.99. The van der Waals surface area contributed by atoms with E-state index in [1.807, 2.05) is 0 Å². The molecule has 0 radical (unpaired) electrons. The molecule has 3 rings (SSSR count). The van der Waals surface area contributed by atoms with E-state index in [9.17, 15) is 14.4 Å². The maximum atomic E-state index is 13.1. The van der Waals surface area contributed by atoms with Crippen LogP contribution in [0, 0.1) is 0 Å². The Bertz CT molecular complexity index is 1080. The lowest BCUT2D eigenvalue weighted by Crippen LogP contribution is -2.31. The Balaban J connectivity index is 2.12. The lowest BCUT2D eigenvalue weighted by Gasteiger charge is -2.28. The Morgan fingerprint density at radius 3 is 2.42 bits per heavy atom. The topological polar surface area (TPSA) is 110 Å². The number of hydrogen-bond acceptors (Lipinski definition) is 8. The number of methoxy groups -OCH3 is 2. The number of anilines is 1. The van der Waals surface area contributed by atoms with Crippen molar-refractivity contribution < 1.29 is 19.1 Å². The van der Waals surface area contributed by atoms with Gasteiger partial charge < -0.3 is 19.8 Å². The zero-order valence-corrected chi connectivity index (χ0v) is 18.7. The normalized spacial score (nSPS) is 15.2. The van der Waals surface area contributed by atoms with E-state index >= 15 is 0 Å². The number of carbonyl (C=O) groups is 2. The van der Waals surface area contributed by atoms with E-state index in [0.29, 0.717) is 38.9 Å². The van der Waals surface area contributed by atoms with Crippen molar-refractivity contribution in [1.82, 2.24) is 9.97 Å². The number of H-pyrrole nitrogens is 1. The second-order valence-electron chi connectivity index (χ2n) is 7.04. The van der Waals surface area contributed by atoms with Crippen molar-refractivity contribution in [2.75, 3.05) is 25.3 Å². The first-order valence-corrected chi connectivity index (χ1v) is 10.9. The fourth-order valence-electron chi connectivity index (χ4n) is 3.46. The van der Waals surface area contributed by atoms with Gasteiger partial charge in [-0.3, -0.25) is 4.79 Å². The summed E-state index contributed by atoms with van der Waals surface area (Å²) >= 11 is 1.48. The number of nitrogens with one attached hydrogen (secondary N) is 2. The lowest BCUT2D eigenvalue weighted by molar-refractivity contribution is -0.136. The summed E-state index contributed by atoms with van der Waals surface area (Å²) in [5.74, 6) is -0.445. The first-order chi connectivity index (χ1) is 14.9. The zero-order valence-electron chi connectivity index (χ0n) is 17.9. The van der Waals surface area contributed by atoms with Crippen LogP contribution in [-0.4, -0.2) is 41.9 Å². The minimum Gasteiger partial charge on any atom is -0.466 e. The van der Waals surface area contributed by atoms with Gasteiger partial charge in [0.15, 0.2) is 5.16 Å². The number of allylic oxidation sites excluding steroid dienone is 1. The van der Waals surface area contributed by atoms with Gasteiger partial charge in [0.25, 0.3) is 5.56 Å². The Kier molecular flexibility index (Phi) is 7.17. The molecule has 2 N–H and O–H groups in total. The highest BCUT2D eigenvalue weighted by Gasteiger charge is 2.36. The summed E-state index contributed by atoms with van der Waals surface area (Å²) in [4.78, 5) is 44.9. The van der Waals surface area contributed by atoms with Crippen molar-refractivity contribution >= 4 is 29.5 Å². The Hall–Kier alpha value is -3.07. The van der Waals surface area contributed by atoms with Gasteiger partial charge in [-0.05, 0) is 31.0 Å². The van der Waals surface area contributed by atoms with Gasteiger partial charge in [-0.15, -0.1) is 0 Å². The van der Waals surface area contributed by atoms with E-state index in [-0.39, 0.29) is 5.56 Å². The van der Waals surface area contributed by atoms with Crippen molar-refractivity contribution in [3.8, 4) is 0 Å². The number of thioether (sulfide) groups is 1. The van der Waals surface area contributed by atoms with Crippen LogP contribution in [0.25, 0.3) is 0 Å². The molecule has 0 bridgehead atoms. The van der Waals surface area contributed by atoms with Crippen molar-refractivity contribution in [1.29, 1.82) is 0 Å². The van der Waals surface area contributed by atoms with Crippen molar-refractivity contribution in [3.63, 3.8) is 0 Å². The molecule has 0 spiro atoms. The maximum absolute atomic E-state index is 13.1. The predicted octanol–water partition coefficient (Wildman–Crippen LogP) is 3.45. The van der Waals surface area contributed by atoms with Crippen LogP contribution in [0.3, 0.4) is 0 Å². The van der Waals surface area contributed by atoms with Gasteiger partial charge in [0.1, 0.15) is 5.82 Å². The molecule has 1 aliphatic heterocycles. The first kappa shape index (κ1) is 22.6. The number of nitrogens with zero attached hydrogens (tertiary/aromatic N) is 1. The first-order valence-electron chi connectivity index (χ1n) is 9.92. The van der Waals surface area contributed by atoms with Crippen LogP contribution in [0.2, 0.25) is 0 Å². The van der Waals surface area contributed by atoms with E-state index in [1.165, 1.54) is 26.0 Å². The van der Waals surface area contributed by atoms with Gasteiger partial charge in [0.05, 0.1) is 36.8 Å². The molecule has 164 valence electrons. The molecule has 0 saturated heterocycles. The number of benzene rings is 1. The van der Waals surface area contributed by atoms with Crippen LogP contribution in [-0.2, 0) is 14.3 Å². The summed E-state index contributed by atoms with van der Waals surface area (Å²) in [5, 5.41) is 3.62. The number of hydrogen-bond donors (Lipinski definition) is 2. The molecule has 1 aliphatic rings. The summed E-state index contributed by atoms with van der Waals surface area (Å²) in [6, 6.07) is 6.60. The van der Waals surface area contributed by atoms with Crippen LogP contribution in [0.15, 0.2) is 45.5 Å². The fourth-order valence-corrected chi connectivity index (χ4v) is 4.40. The second-order valence-corrected chi connectivity index (χ2v) is 8.12. The van der Waals surface area contributed by atoms with E-state index in [0.717, 1.165) is 18.6 Å². The van der Waals surface area contributed by atoms with E-state index in [2.05, 4.69) is 22.2 Å². The molecule has 9 heteroatoms. The molecule has 8 nitrogen and oxygen atoms in total. The fraction of sp³-hybridized carbons (Fsp3) is 0.364. The average Bonchev–Trinajstić information content (AvgIpc) is 2.77. The molecule has 0 unspecified atom stereocenters. The number of carbonyl (C=O) groups excluding carboxylic acids is 2. The summed E-state index contributed by atoms with van der Waals surface area (Å²) in [5.41, 5.74) is 1.91. The number of rotatable bonds is 7. The van der Waals surface area contributed by atoms with Gasteiger partial charge in [0.2, 0.25) is 0 Å². The van der Waals surface area contributed by atoms with Crippen LogP contribution in [0.4, 0.5) is 5.82 Å². The smallest absolute Gasteiger partial charge is 0.337 e. The third-order valence-electron chi connectivity index (χ3n) is 5.03. The molecule has 1 aromatic heterocycles. The Morgan fingerprint density at radius 2 is 1.81 bits per heavy atom. The Morgan fingerprint density at radius 1 is 1.13 bits per heavy atom. The lowest BCUT2D eigenvalue weighted by atomic mass is 9.82. The quantitative estimate of drug-likeness (QED) is 0.290. The predicted molar refractivity (Wildman–Crippen MR) is 118 cm³/mol. The molecule has 2 aromatic rings. The van der Waals surface area contributed by atoms with E-state index in [1.54, 1.807) is 31.2 Å². The summed E-state index contributed by atoms with van der Waals surface area (Å²) in [7, 11) is 2.60. The molecule has 0 saturated carbocycles. The SMILES string of the molecule is CCCCSc1nc2c(c(=O)[nH]1)[C@@H](c1ccc(C(=O)OC)cc1)C(C(=O)OC)=C(C)N2. The monoisotopic (exact) mass is 443 g/mol. The van der Waals surface area contributed by atoms with Crippen molar-refractivity contribution in [3.05, 3.63) is 62.6 Å². The summed E-state index contributed by atoms with van der Waals surface area (Å²) < 4.78 is 9.73. The van der Waals surface area contributed by atoms with Gasteiger partial charge in [-0.2, -0.15) is 0 Å². The average molecular weight is 444 g/mol. The number of fused-ring (bicyclic) bond motifs is 1. The minimum atomic E-state index is -0.693. The number of aromatic amines is 1. The van der Waals surface area contributed by atoms with Crippen LogP contribution in [0.5, 0.6) is 0 Å². The van der Waals surface area contributed by atoms with Crippen molar-refractivity contribution in [2.45, 2.75) is 37.8 Å². The number of esters is 2.